The molecular weight excluding hydrogens is 515 g/mol. The van der Waals surface area contributed by atoms with Gasteiger partial charge in [0.1, 0.15) is 5.82 Å². The van der Waals surface area contributed by atoms with Crippen molar-refractivity contribution in [2.45, 2.75) is 44.8 Å². The highest BCUT2D eigenvalue weighted by molar-refractivity contribution is 5.86. The third-order valence-corrected chi connectivity index (χ3v) is 8.67. The van der Waals surface area contributed by atoms with Gasteiger partial charge in [-0.25, -0.2) is 19.3 Å². The molecule has 2 aliphatic heterocycles. The van der Waals surface area contributed by atoms with Gasteiger partial charge in [0.2, 0.25) is 5.95 Å². The van der Waals surface area contributed by atoms with Crippen LogP contribution in [0.5, 0.6) is 0 Å². The zero-order valence-corrected chi connectivity index (χ0v) is 23.1. The van der Waals surface area contributed by atoms with E-state index in [1.165, 1.54) is 34.3 Å². The van der Waals surface area contributed by atoms with Gasteiger partial charge in [0.25, 0.3) is 0 Å². The van der Waals surface area contributed by atoms with Crippen LogP contribution in [-0.2, 0) is 19.5 Å². The van der Waals surface area contributed by atoms with Crippen LogP contribution in [0.1, 0.15) is 36.6 Å². The van der Waals surface area contributed by atoms with Crippen LogP contribution in [0.25, 0.3) is 33.5 Å². The summed E-state index contributed by atoms with van der Waals surface area (Å²) in [4.78, 5) is 16.0. The Hall–Kier alpha value is -4.08. The molecule has 1 fully saturated rings. The molecule has 3 aromatic heterocycles. The number of likely N-dealkylation sites (tertiary alicyclic amines) is 1. The second-order valence-electron chi connectivity index (χ2n) is 11.1. The lowest BCUT2D eigenvalue weighted by Crippen LogP contribution is -2.35. The fourth-order valence-corrected chi connectivity index (χ4v) is 6.67. The third-order valence-electron chi connectivity index (χ3n) is 8.67. The summed E-state index contributed by atoms with van der Waals surface area (Å²) < 4.78 is 18.4. The van der Waals surface area contributed by atoms with Gasteiger partial charge in [-0.3, -0.25) is 0 Å². The smallest absolute Gasteiger partial charge is 0.220 e. The molecular formula is C32H35FN8. The topological polar surface area (TPSA) is 89.8 Å². The standard InChI is InChI=1S/C32H35FN8/c33-23-8-6-22(7-9-23)30-31(27-11-15-36-32(34)38-27)41(21-37-30)24-12-18-39(19-13-24)16-3-17-40-28-5-2-1-4-25(28)26-10-14-35-20-29(26)40/h1-2,4-9,11,15,21,24,35H,3,10,12-14,16-20H2,(H2,34,36,38). The van der Waals surface area contributed by atoms with Gasteiger partial charge in [-0.05, 0) is 80.7 Å². The Labute approximate surface area is 239 Å². The summed E-state index contributed by atoms with van der Waals surface area (Å²) >= 11 is 0. The number of rotatable bonds is 7. The zero-order chi connectivity index (χ0) is 27.8. The van der Waals surface area contributed by atoms with E-state index in [4.69, 9.17) is 10.7 Å². The van der Waals surface area contributed by atoms with Crippen molar-refractivity contribution in [2.24, 2.45) is 0 Å². The maximum atomic E-state index is 13.7. The normalized spacial score (nSPS) is 16.3. The van der Waals surface area contributed by atoms with Crippen molar-refractivity contribution in [2.75, 3.05) is 31.9 Å². The molecule has 0 aliphatic carbocycles. The first-order chi connectivity index (χ1) is 20.2. The summed E-state index contributed by atoms with van der Waals surface area (Å²) in [7, 11) is 0. The van der Waals surface area contributed by atoms with Crippen molar-refractivity contribution in [3.63, 3.8) is 0 Å². The first kappa shape index (κ1) is 25.9. The van der Waals surface area contributed by atoms with Gasteiger partial charge in [-0.2, -0.15) is 0 Å². The molecule has 0 amide bonds. The number of nitrogens with one attached hydrogen (secondary N) is 1. The van der Waals surface area contributed by atoms with Crippen molar-refractivity contribution in [3.8, 4) is 22.6 Å². The molecule has 2 aliphatic rings. The number of hydrogen-bond donors (Lipinski definition) is 2. The number of aryl methyl sites for hydroxylation is 1. The van der Waals surface area contributed by atoms with Crippen molar-refractivity contribution < 1.29 is 4.39 Å². The van der Waals surface area contributed by atoms with Crippen molar-refractivity contribution >= 4 is 16.9 Å². The van der Waals surface area contributed by atoms with Gasteiger partial charge in [-0.1, -0.05) is 18.2 Å². The number of anilines is 1. The van der Waals surface area contributed by atoms with E-state index in [0.29, 0.717) is 6.04 Å². The van der Waals surface area contributed by atoms with Crippen LogP contribution in [0.4, 0.5) is 10.3 Å². The molecule has 5 aromatic rings. The van der Waals surface area contributed by atoms with Crippen LogP contribution in [0.15, 0.2) is 67.1 Å². The summed E-state index contributed by atoms with van der Waals surface area (Å²) in [5.74, 6) is -0.0439. The minimum absolute atomic E-state index is 0.225. The lowest BCUT2D eigenvalue weighted by molar-refractivity contribution is 0.183. The second kappa shape index (κ2) is 11.1. The molecule has 0 radical (unpaired) electrons. The molecule has 3 N–H and O–H groups in total. The summed E-state index contributed by atoms with van der Waals surface area (Å²) in [5.41, 5.74) is 13.6. The predicted octanol–water partition coefficient (Wildman–Crippen LogP) is 5.06. The molecule has 8 nitrogen and oxygen atoms in total. The van der Waals surface area contributed by atoms with Gasteiger partial charge >= 0.3 is 0 Å². The molecule has 210 valence electrons. The molecule has 0 atom stereocenters. The highest BCUT2D eigenvalue weighted by Gasteiger charge is 2.26. The highest BCUT2D eigenvalue weighted by Crippen LogP contribution is 2.35. The molecule has 0 spiro atoms. The lowest BCUT2D eigenvalue weighted by atomic mass is 10.0. The molecule has 1 saturated heterocycles. The van der Waals surface area contributed by atoms with E-state index in [0.717, 1.165) is 87.6 Å². The average Bonchev–Trinajstić information content (AvgIpc) is 3.58. The van der Waals surface area contributed by atoms with E-state index in [1.54, 1.807) is 18.3 Å². The van der Waals surface area contributed by atoms with E-state index < -0.39 is 0 Å². The van der Waals surface area contributed by atoms with Crippen LogP contribution >= 0.6 is 0 Å². The van der Waals surface area contributed by atoms with E-state index in [2.05, 4.69) is 53.6 Å². The van der Waals surface area contributed by atoms with Crippen LogP contribution < -0.4 is 11.1 Å². The van der Waals surface area contributed by atoms with Gasteiger partial charge in [0.15, 0.2) is 0 Å². The number of nitrogens with two attached hydrogens (primary N) is 1. The Balaban J connectivity index is 1.05. The number of para-hydroxylation sites is 1. The van der Waals surface area contributed by atoms with Crippen LogP contribution in [-0.4, -0.2) is 55.2 Å². The number of hydrogen-bond acceptors (Lipinski definition) is 6. The quantitative estimate of drug-likeness (QED) is 0.295. The molecule has 41 heavy (non-hydrogen) atoms. The predicted molar refractivity (Wildman–Crippen MR) is 160 cm³/mol. The number of nitrogen functional groups attached to an aromatic ring is 1. The van der Waals surface area contributed by atoms with E-state index in [9.17, 15) is 4.39 Å². The molecule has 0 saturated carbocycles. The molecule has 2 aromatic carbocycles. The number of nitrogens with zero attached hydrogens (tertiary/aromatic N) is 6. The second-order valence-corrected chi connectivity index (χ2v) is 11.1. The lowest BCUT2D eigenvalue weighted by Gasteiger charge is -2.33. The minimum Gasteiger partial charge on any atom is -0.368 e. The Bertz CT molecular complexity index is 1660. The number of benzene rings is 2. The SMILES string of the molecule is Nc1nccc(-c2c(-c3ccc(F)cc3)ncn2C2CCN(CCCn3c4c(c5ccccc53)CCNC4)CC2)n1. The summed E-state index contributed by atoms with van der Waals surface area (Å²) in [6.45, 7) is 6.21. The number of halogens is 1. The Kier molecular flexibility index (Phi) is 6.98. The van der Waals surface area contributed by atoms with Crippen molar-refractivity contribution in [1.82, 2.24) is 34.3 Å². The Morgan fingerprint density at radius 2 is 1.80 bits per heavy atom. The van der Waals surface area contributed by atoms with Crippen LogP contribution in [0.3, 0.4) is 0 Å². The van der Waals surface area contributed by atoms with Crippen LogP contribution in [0.2, 0.25) is 0 Å². The number of imidazole rings is 1. The van der Waals surface area contributed by atoms with Crippen molar-refractivity contribution in [1.29, 1.82) is 0 Å². The third kappa shape index (κ3) is 5.00. The van der Waals surface area contributed by atoms with Gasteiger partial charge in [0.05, 0.1) is 23.4 Å². The fourth-order valence-electron chi connectivity index (χ4n) is 6.67. The first-order valence-electron chi connectivity index (χ1n) is 14.6. The largest absolute Gasteiger partial charge is 0.368 e. The molecule has 7 rings (SSSR count). The summed E-state index contributed by atoms with van der Waals surface area (Å²) in [6.07, 6.45) is 7.86. The van der Waals surface area contributed by atoms with E-state index >= 15 is 0 Å². The van der Waals surface area contributed by atoms with Gasteiger partial charge in [-0.15, -0.1) is 0 Å². The Morgan fingerprint density at radius 3 is 2.63 bits per heavy atom. The van der Waals surface area contributed by atoms with E-state index in [-0.39, 0.29) is 11.8 Å². The molecule has 0 bridgehead atoms. The molecule has 9 heteroatoms. The molecule has 5 heterocycles. The Morgan fingerprint density at radius 1 is 0.976 bits per heavy atom. The monoisotopic (exact) mass is 550 g/mol. The number of piperidine rings is 1. The van der Waals surface area contributed by atoms with Crippen molar-refractivity contribution in [3.05, 3.63) is 84.2 Å². The van der Waals surface area contributed by atoms with E-state index in [1.807, 2.05) is 12.4 Å². The fraction of sp³-hybridized carbons (Fsp3) is 0.344. The maximum absolute atomic E-state index is 13.7. The van der Waals surface area contributed by atoms with Gasteiger partial charge in [0, 0.05) is 60.6 Å². The zero-order valence-electron chi connectivity index (χ0n) is 23.1. The highest BCUT2D eigenvalue weighted by atomic mass is 19.1. The van der Waals surface area contributed by atoms with Gasteiger partial charge < -0.3 is 25.1 Å². The number of aromatic nitrogens is 5. The van der Waals surface area contributed by atoms with Crippen LogP contribution in [0, 0.1) is 5.82 Å². The number of fused-ring (bicyclic) bond motifs is 3. The average molecular weight is 551 g/mol. The summed E-state index contributed by atoms with van der Waals surface area (Å²) in [5, 5.41) is 4.99. The summed E-state index contributed by atoms with van der Waals surface area (Å²) in [6, 6.07) is 17.5. The first-order valence-corrected chi connectivity index (χ1v) is 14.6. The molecule has 0 unspecified atom stereocenters. The maximum Gasteiger partial charge on any atom is 0.220 e. The minimum atomic E-state index is -0.269.